The Balaban J connectivity index is 2.22. The first-order chi connectivity index (χ1) is 8.58. The van der Waals surface area contributed by atoms with Gasteiger partial charge in [0.15, 0.2) is 11.1 Å². The number of nitrogens with two attached hydrogens (primary N) is 1. The number of benzene rings is 1. The van der Waals surface area contributed by atoms with Gasteiger partial charge in [-0.3, -0.25) is 10.1 Å². The van der Waals surface area contributed by atoms with Crippen molar-refractivity contribution in [3.8, 4) is 0 Å². The first-order valence-electron chi connectivity index (χ1n) is 5.61. The minimum atomic E-state index is -0.476. The lowest BCUT2D eigenvalue weighted by Crippen LogP contribution is -2.19. The SMILES string of the molecule is CC(N)CCNc1nc2c([N+](=O)[O-])cccc2o1. The quantitative estimate of drug-likeness (QED) is 0.619. The predicted octanol–water partition coefficient (Wildman–Crippen LogP) is 1.89. The topological polar surface area (TPSA) is 107 Å². The second-order valence-corrected chi connectivity index (χ2v) is 4.09. The Bertz CT molecular complexity index is 564. The van der Waals surface area contributed by atoms with Gasteiger partial charge < -0.3 is 15.5 Å². The molecule has 0 aliphatic rings. The van der Waals surface area contributed by atoms with Gasteiger partial charge in [0.25, 0.3) is 11.7 Å². The smallest absolute Gasteiger partial charge is 0.298 e. The molecule has 1 atom stereocenters. The molecule has 0 bridgehead atoms. The van der Waals surface area contributed by atoms with E-state index < -0.39 is 4.92 Å². The molecule has 1 unspecified atom stereocenters. The van der Waals surface area contributed by atoms with E-state index in [2.05, 4.69) is 10.3 Å². The highest BCUT2D eigenvalue weighted by atomic mass is 16.6. The predicted molar refractivity (Wildman–Crippen MR) is 67.4 cm³/mol. The maximum Gasteiger partial charge on any atom is 0.298 e. The number of nitrogens with zero attached hydrogens (tertiary/aromatic N) is 2. The van der Waals surface area contributed by atoms with Crippen molar-refractivity contribution in [3.05, 3.63) is 28.3 Å². The second kappa shape index (κ2) is 5.01. The van der Waals surface area contributed by atoms with Crippen LogP contribution >= 0.6 is 0 Å². The number of para-hydroxylation sites is 1. The molecule has 1 heterocycles. The van der Waals surface area contributed by atoms with Crippen LogP contribution in [-0.4, -0.2) is 22.5 Å². The summed E-state index contributed by atoms with van der Waals surface area (Å²) in [5, 5.41) is 13.8. The molecule has 7 heteroatoms. The van der Waals surface area contributed by atoms with Crippen LogP contribution in [0.5, 0.6) is 0 Å². The van der Waals surface area contributed by atoms with Crippen molar-refractivity contribution in [2.75, 3.05) is 11.9 Å². The number of hydrogen-bond acceptors (Lipinski definition) is 6. The molecule has 2 aromatic rings. The van der Waals surface area contributed by atoms with Crippen molar-refractivity contribution >= 4 is 22.8 Å². The highest BCUT2D eigenvalue weighted by Gasteiger charge is 2.16. The lowest BCUT2D eigenvalue weighted by atomic mass is 10.2. The van der Waals surface area contributed by atoms with Crippen LogP contribution in [-0.2, 0) is 0 Å². The number of oxazole rings is 1. The van der Waals surface area contributed by atoms with E-state index in [4.69, 9.17) is 10.2 Å². The third-order valence-corrected chi connectivity index (χ3v) is 2.47. The average Bonchev–Trinajstić information content (AvgIpc) is 2.70. The molecule has 0 fully saturated rings. The van der Waals surface area contributed by atoms with Crippen molar-refractivity contribution in [3.63, 3.8) is 0 Å². The zero-order chi connectivity index (χ0) is 13.1. The Morgan fingerprint density at radius 1 is 1.61 bits per heavy atom. The number of nitrogens with one attached hydrogen (secondary N) is 1. The summed E-state index contributed by atoms with van der Waals surface area (Å²) in [6.07, 6.45) is 0.765. The Kier molecular flexibility index (Phi) is 3.42. The number of hydrogen-bond donors (Lipinski definition) is 2. The summed E-state index contributed by atoms with van der Waals surface area (Å²) in [7, 11) is 0. The van der Waals surface area contributed by atoms with E-state index in [1.807, 2.05) is 6.92 Å². The number of non-ortho nitro benzene ring substituents is 1. The van der Waals surface area contributed by atoms with E-state index in [1.54, 1.807) is 12.1 Å². The van der Waals surface area contributed by atoms with Gasteiger partial charge in [-0.2, -0.15) is 4.98 Å². The summed E-state index contributed by atoms with van der Waals surface area (Å²) in [5.74, 6) is 0. The molecular weight excluding hydrogens is 236 g/mol. The Hall–Kier alpha value is -2.15. The zero-order valence-corrected chi connectivity index (χ0v) is 9.92. The van der Waals surface area contributed by atoms with E-state index in [0.29, 0.717) is 12.1 Å². The highest BCUT2D eigenvalue weighted by molar-refractivity contribution is 5.83. The molecule has 7 nitrogen and oxygen atoms in total. The number of nitro groups is 1. The molecule has 0 amide bonds. The van der Waals surface area contributed by atoms with Crippen LogP contribution in [0.25, 0.3) is 11.1 Å². The normalized spacial score (nSPS) is 12.6. The van der Waals surface area contributed by atoms with Crippen LogP contribution in [0.15, 0.2) is 22.6 Å². The molecule has 96 valence electrons. The summed E-state index contributed by atoms with van der Waals surface area (Å²) < 4.78 is 5.37. The average molecular weight is 250 g/mol. The number of aromatic nitrogens is 1. The molecule has 3 N–H and O–H groups in total. The van der Waals surface area contributed by atoms with Crippen molar-refractivity contribution in [2.24, 2.45) is 5.73 Å². The van der Waals surface area contributed by atoms with Gasteiger partial charge in [0.1, 0.15) is 0 Å². The van der Waals surface area contributed by atoms with Gasteiger partial charge >= 0.3 is 0 Å². The van der Waals surface area contributed by atoms with Crippen LogP contribution in [0.1, 0.15) is 13.3 Å². The summed E-state index contributed by atoms with van der Waals surface area (Å²) in [6.45, 7) is 2.51. The largest absolute Gasteiger partial charge is 0.423 e. The number of fused-ring (bicyclic) bond motifs is 1. The Morgan fingerprint density at radius 2 is 2.39 bits per heavy atom. The first-order valence-corrected chi connectivity index (χ1v) is 5.61. The molecule has 1 aromatic heterocycles. The van der Waals surface area contributed by atoms with Crippen LogP contribution in [0.4, 0.5) is 11.7 Å². The molecular formula is C11H14N4O3. The summed E-state index contributed by atoms with van der Waals surface area (Å²) >= 11 is 0. The van der Waals surface area contributed by atoms with Crippen molar-refractivity contribution < 1.29 is 9.34 Å². The van der Waals surface area contributed by atoms with Crippen molar-refractivity contribution in [2.45, 2.75) is 19.4 Å². The molecule has 0 saturated carbocycles. The minimum absolute atomic E-state index is 0.0588. The monoisotopic (exact) mass is 250 g/mol. The number of nitro benzene ring substituents is 1. The highest BCUT2D eigenvalue weighted by Crippen LogP contribution is 2.27. The Labute approximate surface area is 103 Å². The van der Waals surface area contributed by atoms with E-state index in [9.17, 15) is 10.1 Å². The lowest BCUT2D eigenvalue weighted by Gasteiger charge is -2.03. The van der Waals surface area contributed by atoms with Gasteiger partial charge in [0, 0.05) is 18.7 Å². The van der Waals surface area contributed by atoms with Gasteiger partial charge in [-0.05, 0) is 19.4 Å². The molecule has 0 spiro atoms. The van der Waals surface area contributed by atoms with Crippen molar-refractivity contribution in [1.82, 2.24) is 4.98 Å². The second-order valence-electron chi connectivity index (χ2n) is 4.09. The van der Waals surface area contributed by atoms with Gasteiger partial charge in [-0.1, -0.05) is 6.07 Å². The summed E-state index contributed by atoms with van der Waals surface area (Å²) in [4.78, 5) is 14.4. The number of anilines is 1. The molecule has 0 radical (unpaired) electrons. The molecule has 18 heavy (non-hydrogen) atoms. The zero-order valence-electron chi connectivity index (χ0n) is 9.92. The fourth-order valence-electron chi connectivity index (χ4n) is 1.56. The van der Waals surface area contributed by atoms with Gasteiger partial charge in [-0.25, -0.2) is 0 Å². The van der Waals surface area contributed by atoms with Crippen LogP contribution < -0.4 is 11.1 Å². The maximum atomic E-state index is 10.8. The maximum absolute atomic E-state index is 10.8. The molecule has 1 aromatic carbocycles. The third kappa shape index (κ3) is 2.57. The standard InChI is InChI=1S/C11H14N4O3/c1-7(12)5-6-13-11-14-10-8(15(16)17)3-2-4-9(10)18-11/h2-4,7H,5-6,12H2,1H3,(H,13,14). The van der Waals surface area contributed by atoms with Gasteiger partial charge in [0.05, 0.1) is 4.92 Å². The lowest BCUT2D eigenvalue weighted by molar-refractivity contribution is -0.383. The van der Waals surface area contributed by atoms with E-state index in [-0.39, 0.29) is 23.3 Å². The van der Waals surface area contributed by atoms with Crippen LogP contribution in [0, 0.1) is 10.1 Å². The van der Waals surface area contributed by atoms with E-state index >= 15 is 0 Å². The molecule has 0 aliphatic heterocycles. The fourth-order valence-corrected chi connectivity index (χ4v) is 1.56. The van der Waals surface area contributed by atoms with E-state index in [0.717, 1.165) is 6.42 Å². The molecule has 0 saturated heterocycles. The molecule has 0 aliphatic carbocycles. The van der Waals surface area contributed by atoms with Crippen LogP contribution in [0.3, 0.4) is 0 Å². The fraction of sp³-hybridized carbons (Fsp3) is 0.364. The summed E-state index contributed by atoms with van der Waals surface area (Å²) in [6, 6.07) is 4.97. The number of rotatable bonds is 5. The Morgan fingerprint density at radius 3 is 3.06 bits per heavy atom. The minimum Gasteiger partial charge on any atom is -0.423 e. The summed E-state index contributed by atoms with van der Waals surface area (Å²) in [5.41, 5.74) is 6.21. The van der Waals surface area contributed by atoms with E-state index in [1.165, 1.54) is 6.07 Å². The first kappa shape index (κ1) is 12.3. The third-order valence-electron chi connectivity index (χ3n) is 2.47. The molecule has 2 rings (SSSR count). The van der Waals surface area contributed by atoms with Crippen molar-refractivity contribution in [1.29, 1.82) is 0 Å². The van der Waals surface area contributed by atoms with Crippen LogP contribution in [0.2, 0.25) is 0 Å². The van der Waals surface area contributed by atoms with Gasteiger partial charge in [-0.15, -0.1) is 0 Å². The van der Waals surface area contributed by atoms with Gasteiger partial charge in [0.2, 0.25) is 0 Å².